The van der Waals surface area contributed by atoms with E-state index in [4.69, 9.17) is 5.11 Å². The number of carboxylic acids is 1. The fourth-order valence-corrected chi connectivity index (χ4v) is 1.55. The highest BCUT2D eigenvalue weighted by Crippen LogP contribution is 2.29. The summed E-state index contributed by atoms with van der Waals surface area (Å²) in [6, 6.07) is 2.19. The van der Waals surface area contributed by atoms with Gasteiger partial charge < -0.3 is 20.6 Å². The highest BCUT2D eigenvalue weighted by atomic mass is 16.4. The van der Waals surface area contributed by atoms with Gasteiger partial charge in [0.05, 0.1) is 5.56 Å². The maximum atomic E-state index is 10.7. The average Bonchev–Trinajstić information content (AvgIpc) is 2.26. The van der Waals surface area contributed by atoms with Gasteiger partial charge in [0.2, 0.25) is 5.91 Å². The molecule has 0 fully saturated rings. The van der Waals surface area contributed by atoms with Crippen molar-refractivity contribution >= 4 is 11.9 Å². The first-order valence-corrected chi connectivity index (χ1v) is 5.44. The van der Waals surface area contributed by atoms with Crippen molar-refractivity contribution in [3.8, 4) is 11.5 Å². The van der Waals surface area contributed by atoms with Gasteiger partial charge in [-0.3, -0.25) is 4.79 Å². The van der Waals surface area contributed by atoms with E-state index in [0.29, 0.717) is 19.4 Å². The van der Waals surface area contributed by atoms with Gasteiger partial charge in [0.25, 0.3) is 0 Å². The van der Waals surface area contributed by atoms with Crippen LogP contribution in [0.1, 0.15) is 29.3 Å². The van der Waals surface area contributed by atoms with Crippen molar-refractivity contribution in [3.05, 3.63) is 23.3 Å². The third-order valence-electron chi connectivity index (χ3n) is 2.43. The Bertz CT molecular complexity index is 447. The third kappa shape index (κ3) is 3.65. The molecule has 0 bridgehead atoms. The lowest BCUT2D eigenvalue weighted by molar-refractivity contribution is -0.118. The molecule has 0 saturated heterocycles. The van der Waals surface area contributed by atoms with E-state index >= 15 is 0 Å². The molecule has 0 aromatic heterocycles. The smallest absolute Gasteiger partial charge is 0.335 e. The highest BCUT2D eigenvalue weighted by Gasteiger charge is 2.13. The quantitative estimate of drug-likeness (QED) is 0.582. The van der Waals surface area contributed by atoms with Crippen molar-refractivity contribution in [2.75, 3.05) is 6.54 Å². The first-order valence-electron chi connectivity index (χ1n) is 5.44. The summed E-state index contributed by atoms with van der Waals surface area (Å²) in [6.07, 6.45) is 0.880. The van der Waals surface area contributed by atoms with Crippen LogP contribution in [-0.2, 0) is 11.2 Å². The monoisotopic (exact) mass is 253 g/mol. The van der Waals surface area contributed by atoms with Crippen LogP contribution in [0.4, 0.5) is 0 Å². The molecule has 6 heteroatoms. The topological polar surface area (TPSA) is 107 Å². The maximum absolute atomic E-state index is 10.7. The molecule has 0 radical (unpaired) electrons. The molecule has 0 spiro atoms. The zero-order valence-corrected chi connectivity index (χ0v) is 9.93. The molecule has 98 valence electrons. The number of phenolic OH excluding ortho intramolecular Hbond substituents is 2. The first kappa shape index (κ1) is 13.8. The van der Waals surface area contributed by atoms with Crippen LogP contribution in [0.15, 0.2) is 12.1 Å². The summed E-state index contributed by atoms with van der Waals surface area (Å²) in [6.45, 7) is 1.82. The Hall–Kier alpha value is -2.24. The molecule has 1 aromatic rings. The molecular formula is C12H15NO5. The second kappa shape index (κ2) is 5.90. The normalized spacial score (nSPS) is 10.1. The predicted molar refractivity (Wildman–Crippen MR) is 63.7 cm³/mol. The van der Waals surface area contributed by atoms with Crippen molar-refractivity contribution < 1.29 is 24.9 Å². The van der Waals surface area contributed by atoms with Gasteiger partial charge >= 0.3 is 5.97 Å². The maximum Gasteiger partial charge on any atom is 0.335 e. The van der Waals surface area contributed by atoms with Crippen LogP contribution in [0.3, 0.4) is 0 Å². The molecule has 18 heavy (non-hydrogen) atoms. The number of benzene rings is 1. The zero-order chi connectivity index (χ0) is 13.7. The number of hydrogen-bond donors (Lipinski definition) is 4. The lowest BCUT2D eigenvalue weighted by atomic mass is 10.0. The molecule has 1 aromatic carbocycles. The Morgan fingerprint density at radius 3 is 2.22 bits per heavy atom. The number of aromatic carboxylic acids is 1. The molecule has 0 aliphatic rings. The van der Waals surface area contributed by atoms with Crippen LogP contribution in [0.25, 0.3) is 0 Å². The summed E-state index contributed by atoms with van der Waals surface area (Å²) in [5.41, 5.74) is 0.112. The molecule has 1 amide bonds. The molecule has 0 unspecified atom stereocenters. The third-order valence-corrected chi connectivity index (χ3v) is 2.43. The van der Waals surface area contributed by atoms with E-state index in [-0.39, 0.29) is 28.5 Å². The minimum absolute atomic E-state index is 0.148. The lowest BCUT2D eigenvalue weighted by Gasteiger charge is -2.08. The summed E-state index contributed by atoms with van der Waals surface area (Å²) in [7, 11) is 0. The predicted octanol–water partition coefficient (Wildman–Crippen LogP) is 0.865. The molecule has 0 aliphatic carbocycles. The number of carbonyl (C=O) groups is 2. The average molecular weight is 253 g/mol. The molecule has 6 nitrogen and oxygen atoms in total. The van der Waals surface area contributed by atoms with Crippen LogP contribution >= 0.6 is 0 Å². The Labute approximate surface area is 104 Å². The van der Waals surface area contributed by atoms with Crippen molar-refractivity contribution in [2.45, 2.75) is 19.8 Å². The van der Waals surface area contributed by atoms with Crippen LogP contribution in [0.5, 0.6) is 11.5 Å². The van der Waals surface area contributed by atoms with E-state index < -0.39 is 5.97 Å². The van der Waals surface area contributed by atoms with Crippen LogP contribution in [0.2, 0.25) is 0 Å². The van der Waals surface area contributed by atoms with Crippen LogP contribution in [-0.4, -0.2) is 33.7 Å². The number of aromatic hydroxyl groups is 2. The molecular weight excluding hydrogens is 238 g/mol. The fraction of sp³-hybridized carbons (Fsp3) is 0.333. The molecule has 0 aliphatic heterocycles. The van der Waals surface area contributed by atoms with Crippen LogP contribution in [0, 0.1) is 0 Å². The minimum atomic E-state index is -1.22. The Kier molecular flexibility index (Phi) is 4.53. The number of carbonyl (C=O) groups excluding carboxylic acids is 1. The van der Waals surface area contributed by atoms with E-state index in [1.165, 1.54) is 6.92 Å². The minimum Gasteiger partial charge on any atom is -0.508 e. The Balaban J connectivity index is 2.72. The molecule has 1 rings (SSSR count). The van der Waals surface area contributed by atoms with Crippen molar-refractivity contribution in [3.63, 3.8) is 0 Å². The van der Waals surface area contributed by atoms with Gasteiger partial charge in [-0.2, -0.15) is 0 Å². The number of amides is 1. The van der Waals surface area contributed by atoms with E-state index in [9.17, 15) is 19.8 Å². The van der Waals surface area contributed by atoms with Gasteiger partial charge in [-0.05, 0) is 25.0 Å². The van der Waals surface area contributed by atoms with E-state index in [1.807, 2.05) is 0 Å². The summed E-state index contributed by atoms with van der Waals surface area (Å²) in [5.74, 6) is -1.87. The second-order valence-electron chi connectivity index (χ2n) is 3.88. The number of nitrogens with one attached hydrogen (secondary N) is 1. The fourth-order valence-electron chi connectivity index (χ4n) is 1.55. The summed E-state index contributed by atoms with van der Waals surface area (Å²) in [4.78, 5) is 21.3. The summed E-state index contributed by atoms with van der Waals surface area (Å²) < 4.78 is 0. The van der Waals surface area contributed by atoms with E-state index in [0.717, 1.165) is 12.1 Å². The van der Waals surface area contributed by atoms with Crippen molar-refractivity contribution in [1.82, 2.24) is 5.32 Å². The SMILES string of the molecule is CC(=O)NCCCc1c(O)cc(C(=O)O)cc1O. The standard InChI is InChI=1S/C12H15NO5/c1-7(14)13-4-2-3-9-10(15)5-8(12(17)18)6-11(9)16/h5-6,15-16H,2-4H2,1H3,(H,13,14)(H,17,18). The highest BCUT2D eigenvalue weighted by molar-refractivity contribution is 5.89. The van der Waals surface area contributed by atoms with Crippen molar-refractivity contribution in [1.29, 1.82) is 0 Å². The number of hydrogen-bond acceptors (Lipinski definition) is 4. The van der Waals surface area contributed by atoms with Crippen molar-refractivity contribution in [2.24, 2.45) is 0 Å². The van der Waals surface area contributed by atoms with Gasteiger partial charge in [-0.1, -0.05) is 0 Å². The zero-order valence-electron chi connectivity index (χ0n) is 9.93. The second-order valence-corrected chi connectivity index (χ2v) is 3.88. The number of carboxylic acid groups (broad SMARTS) is 1. The molecule has 4 N–H and O–H groups in total. The van der Waals surface area contributed by atoms with Gasteiger partial charge in [0.1, 0.15) is 11.5 Å². The van der Waals surface area contributed by atoms with Gasteiger partial charge in [-0.15, -0.1) is 0 Å². The van der Waals surface area contributed by atoms with Crippen LogP contribution < -0.4 is 5.32 Å². The number of rotatable bonds is 5. The molecule has 0 atom stereocenters. The Morgan fingerprint density at radius 1 is 1.22 bits per heavy atom. The Morgan fingerprint density at radius 2 is 1.78 bits per heavy atom. The van der Waals surface area contributed by atoms with Gasteiger partial charge in [0, 0.05) is 19.0 Å². The molecule has 0 saturated carbocycles. The summed E-state index contributed by atoms with van der Waals surface area (Å²) >= 11 is 0. The summed E-state index contributed by atoms with van der Waals surface area (Å²) in [5, 5.41) is 30.6. The molecule has 0 heterocycles. The number of phenols is 2. The largest absolute Gasteiger partial charge is 0.508 e. The van der Waals surface area contributed by atoms with Gasteiger partial charge in [0.15, 0.2) is 0 Å². The van der Waals surface area contributed by atoms with E-state index in [1.54, 1.807) is 0 Å². The van der Waals surface area contributed by atoms with E-state index in [2.05, 4.69) is 5.32 Å². The van der Waals surface area contributed by atoms with Gasteiger partial charge in [-0.25, -0.2) is 4.79 Å². The lowest BCUT2D eigenvalue weighted by Crippen LogP contribution is -2.21. The first-order chi connectivity index (χ1) is 8.41.